The molecule has 168 valence electrons. The van der Waals surface area contributed by atoms with Gasteiger partial charge in [0.2, 0.25) is 21.7 Å². The van der Waals surface area contributed by atoms with Crippen LogP contribution in [0.25, 0.3) is 11.4 Å². The molecule has 2 aromatic carbocycles. The first-order chi connectivity index (χ1) is 15.2. The maximum atomic E-state index is 13.5. The standard InChI is InChI=1S/C21H21FN4O5S/c1-13-9-18(26(27)28)11-19(14(13)2)32(29,30)25-8-4-6-16(12-25)21-23-20(24-31-21)15-5-3-7-17(22)10-15/h3,5,7,9-11,16H,4,6,8,12H2,1-2H3. The number of aryl methyl sites for hydroxylation is 1. The van der Waals surface area contributed by atoms with Crippen LogP contribution in [0, 0.1) is 29.8 Å². The molecule has 0 spiro atoms. The number of nitro benzene ring substituents is 1. The van der Waals surface area contributed by atoms with Gasteiger partial charge >= 0.3 is 0 Å². The third-order valence-electron chi connectivity index (χ3n) is 5.69. The molecule has 0 bridgehead atoms. The number of non-ortho nitro benzene ring substituents is 1. The van der Waals surface area contributed by atoms with Gasteiger partial charge in [0.1, 0.15) is 5.82 Å². The fraction of sp³-hybridized carbons (Fsp3) is 0.333. The lowest BCUT2D eigenvalue weighted by molar-refractivity contribution is -0.385. The van der Waals surface area contributed by atoms with Crippen molar-refractivity contribution in [2.75, 3.05) is 13.1 Å². The molecule has 1 aliphatic rings. The Labute approximate surface area is 184 Å². The summed E-state index contributed by atoms with van der Waals surface area (Å²) < 4.78 is 46.9. The summed E-state index contributed by atoms with van der Waals surface area (Å²) >= 11 is 0. The second kappa shape index (κ2) is 8.40. The summed E-state index contributed by atoms with van der Waals surface area (Å²) in [5.41, 5.74) is 1.20. The zero-order valence-electron chi connectivity index (χ0n) is 17.5. The van der Waals surface area contributed by atoms with Gasteiger partial charge in [-0.1, -0.05) is 17.3 Å². The Balaban J connectivity index is 1.62. The molecule has 0 amide bonds. The van der Waals surface area contributed by atoms with Gasteiger partial charge in [-0.3, -0.25) is 10.1 Å². The predicted octanol–water partition coefficient (Wildman–Crippen LogP) is 3.97. The second-order valence-corrected chi connectivity index (χ2v) is 9.72. The highest BCUT2D eigenvalue weighted by Gasteiger charge is 2.35. The van der Waals surface area contributed by atoms with E-state index in [4.69, 9.17) is 4.52 Å². The summed E-state index contributed by atoms with van der Waals surface area (Å²) in [7, 11) is -3.97. The number of halogens is 1. The largest absolute Gasteiger partial charge is 0.339 e. The molecule has 1 fully saturated rings. The molecule has 1 aliphatic heterocycles. The molecule has 0 radical (unpaired) electrons. The molecule has 4 rings (SSSR count). The van der Waals surface area contributed by atoms with Crippen molar-refractivity contribution in [1.82, 2.24) is 14.4 Å². The van der Waals surface area contributed by atoms with Gasteiger partial charge in [-0.05, 0) is 49.9 Å². The van der Waals surface area contributed by atoms with Crippen molar-refractivity contribution < 1.29 is 22.3 Å². The number of aromatic nitrogens is 2. The molecule has 2 heterocycles. The summed E-state index contributed by atoms with van der Waals surface area (Å²) in [6, 6.07) is 8.27. The Morgan fingerprint density at radius 1 is 1.25 bits per heavy atom. The van der Waals surface area contributed by atoms with Gasteiger partial charge in [0.15, 0.2) is 0 Å². The normalized spacial score (nSPS) is 17.4. The van der Waals surface area contributed by atoms with E-state index in [0.29, 0.717) is 29.5 Å². The zero-order valence-corrected chi connectivity index (χ0v) is 18.3. The molecular formula is C21H21FN4O5S. The highest BCUT2D eigenvalue weighted by molar-refractivity contribution is 7.89. The predicted molar refractivity (Wildman–Crippen MR) is 113 cm³/mol. The van der Waals surface area contributed by atoms with Crippen LogP contribution >= 0.6 is 0 Å². The topological polar surface area (TPSA) is 119 Å². The van der Waals surface area contributed by atoms with E-state index in [9.17, 15) is 22.9 Å². The third kappa shape index (κ3) is 4.13. The van der Waals surface area contributed by atoms with Gasteiger partial charge < -0.3 is 4.52 Å². The molecule has 1 atom stereocenters. The minimum Gasteiger partial charge on any atom is -0.339 e. The molecule has 1 saturated heterocycles. The summed E-state index contributed by atoms with van der Waals surface area (Å²) in [4.78, 5) is 14.9. The summed E-state index contributed by atoms with van der Waals surface area (Å²) in [5.74, 6) is -0.263. The van der Waals surface area contributed by atoms with Crippen LogP contribution in [0.1, 0.15) is 35.8 Å². The van der Waals surface area contributed by atoms with Crippen LogP contribution in [0.2, 0.25) is 0 Å². The van der Waals surface area contributed by atoms with Gasteiger partial charge in [-0.2, -0.15) is 9.29 Å². The number of benzene rings is 2. The highest BCUT2D eigenvalue weighted by atomic mass is 32.2. The zero-order chi connectivity index (χ0) is 23.0. The monoisotopic (exact) mass is 460 g/mol. The quantitative estimate of drug-likeness (QED) is 0.417. The molecule has 11 heteroatoms. The Kier molecular flexibility index (Phi) is 5.78. The Morgan fingerprint density at radius 3 is 2.75 bits per heavy atom. The molecule has 9 nitrogen and oxygen atoms in total. The first-order valence-corrected chi connectivity index (χ1v) is 11.5. The van der Waals surface area contributed by atoms with Crippen LogP contribution < -0.4 is 0 Å². The highest BCUT2D eigenvalue weighted by Crippen LogP contribution is 2.33. The van der Waals surface area contributed by atoms with Crippen molar-refractivity contribution in [1.29, 1.82) is 0 Å². The van der Waals surface area contributed by atoms with Crippen LogP contribution in [0.5, 0.6) is 0 Å². The van der Waals surface area contributed by atoms with E-state index in [2.05, 4.69) is 10.1 Å². The maximum Gasteiger partial charge on any atom is 0.271 e. The van der Waals surface area contributed by atoms with Gasteiger partial charge in [0, 0.05) is 30.8 Å². The average Bonchev–Trinajstić information content (AvgIpc) is 3.26. The number of hydrogen-bond donors (Lipinski definition) is 0. The van der Waals surface area contributed by atoms with Crippen molar-refractivity contribution in [2.24, 2.45) is 0 Å². The van der Waals surface area contributed by atoms with E-state index in [-0.39, 0.29) is 41.3 Å². The van der Waals surface area contributed by atoms with Crippen LogP contribution in [-0.2, 0) is 10.0 Å². The van der Waals surface area contributed by atoms with E-state index in [1.807, 2.05) is 0 Å². The maximum absolute atomic E-state index is 13.5. The number of piperidine rings is 1. The van der Waals surface area contributed by atoms with Gasteiger partial charge in [0.25, 0.3) is 5.69 Å². The van der Waals surface area contributed by atoms with Crippen molar-refractivity contribution in [3.05, 3.63) is 69.3 Å². The molecule has 3 aromatic rings. The fourth-order valence-electron chi connectivity index (χ4n) is 3.83. The number of nitrogens with zero attached hydrogens (tertiary/aromatic N) is 4. The van der Waals surface area contributed by atoms with Crippen LogP contribution in [0.15, 0.2) is 45.8 Å². The minimum atomic E-state index is -3.97. The lowest BCUT2D eigenvalue weighted by atomic mass is 10.00. The van der Waals surface area contributed by atoms with Crippen molar-refractivity contribution in [2.45, 2.75) is 37.5 Å². The summed E-state index contributed by atoms with van der Waals surface area (Å²) in [6.07, 6.45) is 1.21. The second-order valence-electron chi connectivity index (χ2n) is 7.81. The number of sulfonamides is 1. The van der Waals surface area contributed by atoms with E-state index in [1.165, 1.54) is 22.5 Å². The molecule has 1 aromatic heterocycles. The molecule has 0 N–H and O–H groups in total. The Morgan fingerprint density at radius 2 is 2.03 bits per heavy atom. The number of nitro groups is 1. The van der Waals surface area contributed by atoms with E-state index in [0.717, 1.165) is 6.07 Å². The van der Waals surface area contributed by atoms with Crippen LogP contribution in [0.3, 0.4) is 0 Å². The van der Waals surface area contributed by atoms with Crippen molar-refractivity contribution in [3.63, 3.8) is 0 Å². The summed E-state index contributed by atoms with van der Waals surface area (Å²) in [5, 5.41) is 15.2. The van der Waals surface area contributed by atoms with Crippen molar-refractivity contribution in [3.8, 4) is 11.4 Å². The van der Waals surface area contributed by atoms with E-state index < -0.39 is 20.8 Å². The van der Waals surface area contributed by atoms with E-state index in [1.54, 1.807) is 26.0 Å². The van der Waals surface area contributed by atoms with Crippen LogP contribution in [-0.4, -0.2) is 40.9 Å². The van der Waals surface area contributed by atoms with Crippen LogP contribution in [0.4, 0.5) is 10.1 Å². The SMILES string of the molecule is Cc1cc([N+](=O)[O-])cc(S(=O)(=O)N2CCCC(c3nc(-c4cccc(F)c4)no3)C2)c1C. The smallest absolute Gasteiger partial charge is 0.271 e. The lowest BCUT2D eigenvalue weighted by Crippen LogP contribution is -2.39. The van der Waals surface area contributed by atoms with Gasteiger partial charge in [-0.15, -0.1) is 0 Å². The first kappa shape index (κ1) is 22.0. The van der Waals surface area contributed by atoms with Crippen molar-refractivity contribution >= 4 is 15.7 Å². The average molecular weight is 460 g/mol. The lowest BCUT2D eigenvalue weighted by Gasteiger charge is -2.30. The molecule has 32 heavy (non-hydrogen) atoms. The molecule has 0 saturated carbocycles. The number of hydrogen-bond acceptors (Lipinski definition) is 7. The Bertz CT molecular complexity index is 1290. The molecular weight excluding hydrogens is 439 g/mol. The molecule has 1 unspecified atom stereocenters. The Hall–Kier alpha value is -3.18. The number of rotatable bonds is 5. The van der Waals surface area contributed by atoms with E-state index >= 15 is 0 Å². The molecule has 0 aliphatic carbocycles. The fourth-order valence-corrected chi connectivity index (χ4v) is 5.67. The first-order valence-electron chi connectivity index (χ1n) is 10.0. The van der Waals surface area contributed by atoms with Gasteiger partial charge in [-0.25, -0.2) is 12.8 Å². The minimum absolute atomic E-state index is 0.0733. The third-order valence-corrected chi connectivity index (χ3v) is 7.68. The summed E-state index contributed by atoms with van der Waals surface area (Å²) in [6.45, 7) is 3.67. The van der Waals surface area contributed by atoms with Gasteiger partial charge in [0.05, 0.1) is 15.7 Å².